The van der Waals surface area contributed by atoms with E-state index in [1.54, 1.807) is 28.0 Å². The van der Waals surface area contributed by atoms with E-state index in [0.29, 0.717) is 0 Å². The zero-order valence-electron chi connectivity index (χ0n) is 17.9. The molecule has 160 valence electrons. The molecule has 4 aromatic rings. The van der Waals surface area contributed by atoms with E-state index in [0.717, 1.165) is 40.4 Å². The molecule has 0 amide bonds. The molecule has 0 bridgehead atoms. The SMILES string of the molecule is CCCn1c(SCc2csc(-c3ccccc3C)n2)nnc1-c1csc2c1CCCC2. The van der Waals surface area contributed by atoms with Crippen LogP contribution in [-0.4, -0.2) is 19.7 Å². The second-order valence-electron chi connectivity index (χ2n) is 7.96. The van der Waals surface area contributed by atoms with Crippen LogP contribution in [0.2, 0.25) is 0 Å². The summed E-state index contributed by atoms with van der Waals surface area (Å²) in [4.78, 5) is 6.44. The summed E-state index contributed by atoms with van der Waals surface area (Å²) in [5, 5.41) is 15.8. The molecule has 7 heteroatoms. The van der Waals surface area contributed by atoms with Gasteiger partial charge in [-0.15, -0.1) is 32.9 Å². The zero-order valence-corrected chi connectivity index (χ0v) is 20.4. The molecule has 0 unspecified atom stereocenters. The van der Waals surface area contributed by atoms with E-state index in [1.165, 1.54) is 47.9 Å². The Morgan fingerprint density at radius 3 is 2.77 bits per heavy atom. The van der Waals surface area contributed by atoms with Gasteiger partial charge in [0, 0.05) is 39.1 Å². The lowest BCUT2D eigenvalue weighted by Gasteiger charge is -2.13. The highest BCUT2D eigenvalue weighted by Gasteiger charge is 2.22. The second kappa shape index (κ2) is 9.27. The van der Waals surface area contributed by atoms with Gasteiger partial charge in [0.25, 0.3) is 0 Å². The van der Waals surface area contributed by atoms with Gasteiger partial charge in [-0.1, -0.05) is 43.0 Å². The van der Waals surface area contributed by atoms with Crippen LogP contribution in [0, 0.1) is 6.92 Å². The lowest BCUT2D eigenvalue weighted by atomic mass is 9.95. The summed E-state index contributed by atoms with van der Waals surface area (Å²) >= 11 is 5.36. The third-order valence-electron chi connectivity index (χ3n) is 5.74. The number of thioether (sulfide) groups is 1. The van der Waals surface area contributed by atoms with Crippen LogP contribution in [0.15, 0.2) is 40.2 Å². The molecule has 0 aliphatic heterocycles. The van der Waals surface area contributed by atoms with Crippen LogP contribution < -0.4 is 0 Å². The van der Waals surface area contributed by atoms with Crippen LogP contribution in [0.5, 0.6) is 0 Å². The first-order valence-corrected chi connectivity index (χ1v) is 13.6. The molecule has 0 fully saturated rings. The zero-order chi connectivity index (χ0) is 21.2. The average molecular weight is 467 g/mol. The first-order valence-electron chi connectivity index (χ1n) is 10.9. The summed E-state index contributed by atoms with van der Waals surface area (Å²) < 4.78 is 2.32. The van der Waals surface area contributed by atoms with Crippen LogP contribution in [0.3, 0.4) is 0 Å². The maximum Gasteiger partial charge on any atom is 0.191 e. The third-order valence-corrected chi connectivity index (χ3v) is 8.76. The maximum absolute atomic E-state index is 4.89. The quantitative estimate of drug-likeness (QED) is 0.275. The Morgan fingerprint density at radius 1 is 1.03 bits per heavy atom. The van der Waals surface area contributed by atoms with Gasteiger partial charge < -0.3 is 4.57 Å². The summed E-state index contributed by atoms with van der Waals surface area (Å²) in [6.45, 7) is 5.31. The predicted molar refractivity (Wildman–Crippen MR) is 132 cm³/mol. The molecule has 1 aliphatic rings. The van der Waals surface area contributed by atoms with Crippen LogP contribution in [-0.2, 0) is 25.1 Å². The Labute approximate surface area is 195 Å². The standard InChI is InChI=1S/C24H26N4S3/c1-3-12-28-22(20-15-29-21-11-7-6-10-19(20)21)26-27-24(28)31-14-17-13-30-23(25-17)18-9-5-4-8-16(18)2/h4-5,8-9,13,15H,3,6-7,10-12,14H2,1-2H3. The number of benzene rings is 1. The highest BCUT2D eigenvalue weighted by Crippen LogP contribution is 2.37. The van der Waals surface area contributed by atoms with Crippen molar-refractivity contribution in [1.82, 2.24) is 19.7 Å². The summed E-state index contributed by atoms with van der Waals surface area (Å²) in [6, 6.07) is 8.45. The van der Waals surface area contributed by atoms with Crippen LogP contribution in [0.4, 0.5) is 0 Å². The topological polar surface area (TPSA) is 43.6 Å². The maximum atomic E-state index is 4.89. The minimum Gasteiger partial charge on any atom is -0.302 e. The monoisotopic (exact) mass is 466 g/mol. The number of thiophene rings is 1. The second-order valence-corrected chi connectivity index (χ2v) is 10.7. The van der Waals surface area contributed by atoms with Crippen molar-refractivity contribution in [1.29, 1.82) is 0 Å². The molecule has 3 aromatic heterocycles. The molecule has 3 heterocycles. The Balaban J connectivity index is 1.37. The van der Waals surface area contributed by atoms with Crippen molar-refractivity contribution >= 4 is 34.4 Å². The number of rotatable bonds is 7. The fourth-order valence-electron chi connectivity index (χ4n) is 4.15. The first kappa shape index (κ1) is 20.9. The molecule has 0 radical (unpaired) electrons. The van der Waals surface area contributed by atoms with Crippen LogP contribution in [0.25, 0.3) is 22.0 Å². The number of fused-ring (bicyclic) bond motifs is 1. The van der Waals surface area contributed by atoms with Gasteiger partial charge in [-0.05, 0) is 50.2 Å². The van der Waals surface area contributed by atoms with Gasteiger partial charge in [0.05, 0.1) is 5.69 Å². The highest BCUT2D eigenvalue weighted by atomic mass is 32.2. The number of aromatic nitrogens is 4. The number of nitrogens with zero attached hydrogens (tertiary/aromatic N) is 4. The van der Waals surface area contributed by atoms with Gasteiger partial charge in [-0.25, -0.2) is 4.98 Å². The molecule has 0 atom stereocenters. The van der Waals surface area contributed by atoms with E-state index in [-0.39, 0.29) is 0 Å². The van der Waals surface area contributed by atoms with Gasteiger partial charge in [0.1, 0.15) is 5.01 Å². The van der Waals surface area contributed by atoms with Gasteiger partial charge in [0.2, 0.25) is 0 Å². The molecule has 1 aliphatic carbocycles. The highest BCUT2D eigenvalue weighted by molar-refractivity contribution is 7.98. The van der Waals surface area contributed by atoms with Gasteiger partial charge in [-0.2, -0.15) is 0 Å². The molecule has 0 N–H and O–H groups in total. The van der Waals surface area contributed by atoms with Gasteiger partial charge in [0.15, 0.2) is 11.0 Å². The van der Waals surface area contributed by atoms with E-state index in [9.17, 15) is 0 Å². The molecule has 31 heavy (non-hydrogen) atoms. The van der Waals surface area contributed by atoms with E-state index in [4.69, 9.17) is 4.98 Å². The van der Waals surface area contributed by atoms with Crippen molar-refractivity contribution in [2.24, 2.45) is 0 Å². The average Bonchev–Trinajstić information content (AvgIpc) is 3.51. The Bertz CT molecular complexity index is 1190. The van der Waals surface area contributed by atoms with Crippen LogP contribution >= 0.6 is 34.4 Å². The van der Waals surface area contributed by atoms with Crippen molar-refractivity contribution < 1.29 is 0 Å². The minimum absolute atomic E-state index is 0.811. The van der Waals surface area contributed by atoms with Crippen molar-refractivity contribution in [3.8, 4) is 22.0 Å². The van der Waals surface area contributed by atoms with E-state index >= 15 is 0 Å². The van der Waals surface area contributed by atoms with Crippen molar-refractivity contribution in [2.75, 3.05) is 0 Å². The number of aryl methyl sites for hydroxylation is 2. The normalized spacial score (nSPS) is 13.5. The minimum atomic E-state index is 0.811. The Morgan fingerprint density at radius 2 is 1.90 bits per heavy atom. The fraction of sp³-hybridized carbons (Fsp3) is 0.375. The third kappa shape index (κ3) is 4.23. The van der Waals surface area contributed by atoms with Crippen LogP contribution in [0.1, 0.15) is 47.9 Å². The molecule has 0 saturated heterocycles. The summed E-state index contributed by atoms with van der Waals surface area (Å²) in [6.07, 6.45) is 6.06. The summed E-state index contributed by atoms with van der Waals surface area (Å²) in [7, 11) is 0. The van der Waals surface area contributed by atoms with Gasteiger partial charge >= 0.3 is 0 Å². The predicted octanol–water partition coefficient (Wildman–Crippen LogP) is 7.02. The Hall–Kier alpha value is -1.96. The molecule has 1 aromatic carbocycles. The molecule has 5 rings (SSSR count). The molecular formula is C24H26N4S3. The smallest absolute Gasteiger partial charge is 0.191 e. The van der Waals surface area contributed by atoms with Crippen molar-refractivity contribution in [2.45, 2.75) is 63.4 Å². The molecule has 0 saturated carbocycles. The molecular weight excluding hydrogens is 440 g/mol. The van der Waals surface area contributed by atoms with E-state index in [1.807, 2.05) is 11.3 Å². The molecule has 4 nitrogen and oxygen atoms in total. The first-order chi connectivity index (χ1) is 15.2. The van der Waals surface area contributed by atoms with E-state index < -0.39 is 0 Å². The number of thiazole rings is 1. The van der Waals surface area contributed by atoms with E-state index in [2.05, 4.69) is 63.6 Å². The summed E-state index contributed by atoms with van der Waals surface area (Å²) in [5.74, 6) is 1.86. The number of hydrogen-bond acceptors (Lipinski definition) is 6. The largest absolute Gasteiger partial charge is 0.302 e. The lowest BCUT2D eigenvalue weighted by molar-refractivity contribution is 0.625. The molecule has 0 spiro atoms. The fourth-order valence-corrected chi connectivity index (χ4v) is 7.15. The lowest BCUT2D eigenvalue weighted by Crippen LogP contribution is -2.05. The number of hydrogen-bond donors (Lipinski definition) is 0. The van der Waals surface area contributed by atoms with Gasteiger partial charge in [-0.3, -0.25) is 0 Å². The van der Waals surface area contributed by atoms with Crippen molar-refractivity contribution in [3.05, 3.63) is 56.7 Å². The summed E-state index contributed by atoms with van der Waals surface area (Å²) in [5.41, 5.74) is 6.42. The van der Waals surface area contributed by atoms with Crippen molar-refractivity contribution in [3.63, 3.8) is 0 Å². The Kier molecular flexibility index (Phi) is 6.25.